The monoisotopic (exact) mass is 271 g/mol. The number of halogens is 1. The molecule has 0 saturated heterocycles. The Morgan fingerprint density at radius 3 is 2.89 bits per heavy atom. The molecule has 2 rings (SSSR count). The molecule has 0 fully saturated rings. The Morgan fingerprint density at radius 1 is 1.44 bits per heavy atom. The Kier molecular flexibility index (Phi) is 3.93. The van der Waals surface area contributed by atoms with Crippen molar-refractivity contribution in [1.29, 1.82) is 0 Å². The van der Waals surface area contributed by atoms with Crippen LogP contribution in [0.2, 0.25) is 5.02 Å². The number of nitrogens with two attached hydrogens (primary N) is 1. The van der Waals surface area contributed by atoms with E-state index in [1.165, 1.54) is 0 Å². The number of carbonyl (C=O) groups is 1. The van der Waals surface area contributed by atoms with E-state index in [1.54, 1.807) is 12.1 Å². The number of carboxylic acid groups (broad SMARTS) is 1. The summed E-state index contributed by atoms with van der Waals surface area (Å²) in [5.74, 6) is 0.214. The molecular weight excluding hydrogens is 258 g/mol. The lowest BCUT2D eigenvalue weighted by atomic mass is 10.0. The van der Waals surface area contributed by atoms with Crippen LogP contribution in [0.5, 0.6) is 11.5 Å². The normalized spacial score (nSPS) is 15.2. The van der Waals surface area contributed by atoms with Gasteiger partial charge in [0.05, 0.1) is 5.02 Å². The Labute approximate surface area is 109 Å². The first kappa shape index (κ1) is 13.0. The molecule has 0 bridgehead atoms. The molecule has 0 saturated carbocycles. The number of hydrogen-bond donors (Lipinski definition) is 2. The molecule has 0 amide bonds. The third-order valence-corrected chi connectivity index (χ3v) is 3.14. The van der Waals surface area contributed by atoms with E-state index < -0.39 is 12.0 Å². The molecule has 98 valence electrons. The number of carboxylic acids is 1. The van der Waals surface area contributed by atoms with Crippen molar-refractivity contribution >= 4 is 17.6 Å². The van der Waals surface area contributed by atoms with Gasteiger partial charge >= 0.3 is 5.97 Å². The van der Waals surface area contributed by atoms with E-state index in [4.69, 9.17) is 31.9 Å². The number of benzene rings is 1. The fraction of sp³-hybridized carbons (Fsp3) is 0.417. The topological polar surface area (TPSA) is 81.8 Å². The summed E-state index contributed by atoms with van der Waals surface area (Å²) in [5.41, 5.74) is 6.62. The highest BCUT2D eigenvalue weighted by Crippen LogP contribution is 2.41. The van der Waals surface area contributed by atoms with Crippen molar-refractivity contribution in [2.45, 2.75) is 18.9 Å². The van der Waals surface area contributed by atoms with Crippen LogP contribution in [0.15, 0.2) is 12.1 Å². The van der Waals surface area contributed by atoms with Gasteiger partial charge in [-0.15, -0.1) is 0 Å². The minimum absolute atomic E-state index is 0.00589. The number of ether oxygens (including phenoxy) is 2. The van der Waals surface area contributed by atoms with Crippen LogP contribution < -0.4 is 15.2 Å². The second-order valence-corrected chi connectivity index (χ2v) is 4.41. The summed E-state index contributed by atoms with van der Waals surface area (Å²) >= 11 is 6.20. The van der Waals surface area contributed by atoms with Crippen LogP contribution >= 0.6 is 11.6 Å². The quantitative estimate of drug-likeness (QED) is 0.875. The highest BCUT2D eigenvalue weighted by molar-refractivity contribution is 6.33. The molecule has 1 atom stereocenters. The maximum absolute atomic E-state index is 10.5. The van der Waals surface area contributed by atoms with Gasteiger partial charge in [-0.05, 0) is 18.1 Å². The van der Waals surface area contributed by atoms with Crippen molar-refractivity contribution in [3.63, 3.8) is 0 Å². The lowest BCUT2D eigenvalue weighted by molar-refractivity contribution is -0.137. The number of rotatable bonds is 4. The Hall–Kier alpha value is -1.46. The smallest absolute Gasteiger partial charge is 0.303 e. The molecule has 1 heterocycles. The van der Waals surface area contributed by atoms with Crippen LogP contribution in [0.25, 0.3) is 0 Å². The van der Waals surface area contributed by atoms with Crippen molar-refractivity contribution in [2.75, 3.05) is 13.2 Å². The van der Waals surface area contributed by atoms with Crippen LogP contribution in [0.3, 0.4) is 0 Å². The average molecular weight is 272 g/mol. The Bertz CT molecular complexity index is 464. The summed E-state index contributed by atoms with van der Waals surface area (Å²) in [5, 5.41) is 9.04. The lowest BCUT2D eigenvalue weighted by Crippen LogP contribution is -2.18. The standard InChI is InChI=1S/C12H14ClNO4/c13-11-7(8(14)2-4-10(15)16)1-3-9-12(11)18-6-5-17-9/h1,3,8H,2,4-6,14H2,(H,15,16). The first-order chi connectivity index (χ1) is 8.59. The molecule has 1 unspecified atom stereocenters. The van der Waals surface area contributed by atoms with Gasteiger partial charge in [0.1, 0.15) is 13.2 Å². The molecule has 0 radical (unpaired) electrons. The van der Waals surface area contributed by atoms with E-state index in [9.17, 15) is 4.79 Å². The summed E-state index contributed by atoms with van der Waals surface area (Å²) in [4.78, 5) is 10.5. The van der Waals surface area contributed by atoms with Gasteiger partial charge in [0, 0.05) is 12.5 Å². The van der Waals surface area contributed by atoms with Gasteiger partial charge in [-0.3, -0.25) is 4.79 Å². The molecule has 1 aliphatic heterocycles. The highest BCUT2D eigenvalue weighted by Gasteiger charge is 2.21. The van der Waals surface area contributed by atoms with Crippen LogP contribution in [-0.4, -0.2) is 24.3 Å². The minimum Gasteiger partial charge on any atom is -0.486 e. The van der Waals surface area contributed by atoms with Gasteiger partial charge in [-0.2, -0.15) is 0 Å². The van der Waals surface area contributed by atoms with Crippen molar-refractivity contribution in [2.24, 2.45) is 5.73 Å². The zero-order chi connectivity index (χ0) is 13.1. The Balaban J connectivity index is 2.20. The van der Waals surface area contributed by atoms with Gasteiger partial charge in [0.15, 0.2) is 11.5 Å². The number of aliphatic carboxylic acids is 1. The van der Waals surface area contributed by atoms with E-state index in [-0.39, 0.29) is 6.42 Å². The zero-order valence-electron chi connectivity index (χ0n) is 9.69. The molecule has 6 heteroatoms. The van der Waals surface area contributed by atoms with Gasteiger partial charge in [-0.25, -0.2) is 0 Å². The van der Waals surface area contributed by atoms with Crippen LogP contribution in [-0.2, 0) is 4.79 Å². The Morgan fingerprint density at radius 2 is 2.17 bits per heavy atom. The molecule has 3 N–H and O–H groups in total. The highest BCUT2D eigenvalue weighted by atomic mass is 35.5. The molecule has 0 spiro atoms. The summed E-state index contributed by atoms with van der Waals surface area (Å²) in [6, 6.07) is 3.07. The van der Waals surface area contributed by atoms with Crippen molar-refractivity contribution < 1.29 is 19.4 Å². The summed E-state index contributed by atoms with van der Waals surface area (Å²) in [6.45, 7) is 0.939. The van der Waals surface area contributed by atoms with Crippen molar-refractivity contribution in [1.82, 2.24) is 0 Å². The van der Waals surface area contributed by atoms with Crippen LogP contribution in [0.1, 0.15) is 24.4 Å². The van der Waals surface area contributed by atoms with Gasteiger partial charge in [0.2, 0.25) is 0 Å². The van der Waals surface area contributed by atoms with E-state index >= 15 is 0 Å². The van der Waals surface area contributed by atoms with Gasteiger partial charge in [0.25, 0.3) is 0 Å². The van der Waals surface area contributed by atoms with Gasteiger partial charge < -0.3 is 20.3 Å². The van der Waals surface area contributed by atoms with Gasteiger partial charge in [-0.1, -0.05) is 17.7 Å². The first-order valence-corrected chi connectivity index (χ1v) is 6.02. The lowest BCUT2D eigenvalue weighted by Gasteiger charge is -2.22. The fourth-order valence-corrected chi connectivity index (χ4v) is 2.17. The number of fused-ring (bicyclic) bond motifs is 1. The van der Waals surface area contributed by atoms with Crippen LogP contribution in [0, 0.1) is 0 Å². The predicted molar refractivity (Wildman–Crippen MR) is 66.2 cm³/mol. The largest absolute Gasteiger partial charge is 0.486 e. The maximum atomic E-state index is 10.5. The zero-order valence-corrected chi connectivity index (χ0v) is 10.4. The molecule has 5 nitrogen and oxygen atoms in total. The molecule has 1 aromatic rings. The molecule has 0 aromatic heterocycles. The third-order valence-electron chi connectivity index (χ3n) is 2.75. The first-order valence-electron chi connectivity index (χ1n) is 5.65. The van der Waals surface area contributed by atoms with E-state index in [2.05, 4.69) is 0 Å². The summed E-state index contributed by atoms with van der Waals surface area (Å²) in [7, 11) is 0. The molecule has 1 aromatic carbocycles. The maximum Gasteiger partial charge on any atom is 0.303 e. The molecule has 1 aliphatic rings. The number of hydrogen-bond acceptors (Lipinski definition) is 4. The summed E-state index contributed by atoms with van der Waals surface area (Å²) < 4.78 is 10.8. The van der Waals surface area contributed by atoms with Crippen molar-refractivity contribution in [3.05, 3.63) is 22.7 Å². The molecular formula is C12H14ClNO4. The fourth-order valence-electron chi connectivity index (χ4n) is 1.82. The minimum atomic E-state index is -0.876. The van der Waals surface area contributed by atoms with Crippen LogP contribution in [0.4, 0.5) is 0 Å². The predicted octanol–water partition coefficient (Wildman–Crippen LogP) is 1.98. The van der Waals surface area contributed by atoms with E-state index in [0.717, 1.165) is 0 Å². The van der Waals surface area contributed by atoms with E-state index in [0.29, 0.717) is 41.7 Å². The average Bonchev–Trinajstić information content (AvgIpc) is 2.37. The van der Waals surface area contributed by atoms with E-state index in [1.807, 2.05) is 0 Å². The SMILES string of the molecule is NC(CCC(=O)O)c1ccc2c(c1Cl)OCCO2. The second-order valence-electron chi connectivity index (χ2n) is 4.03. The second kappa shape index (κ2) is 5.46. The summed E-state index contributed by atoms with van der Waals surface area (Å²) in [6.07, 6.45) is 0.334. The van der Waals surface area contributed by atoms with Crippen molar-refractivity contribution in [3.8, 4) is 11.5 Å². The third kappa shape index (κ3) is 2.68. The molecule has 0 aliphatic carbocycles. The molecule has 18 heavy (non-hydrogen) atoms.